The Kier molecular flexibility index (Phi) is 7.17. The van der Waals surface area contributed by atoms with Crippen LogP contribution in [-0.2, 0) is 14.8 Å². The van der Waals surface area contributed by atoms with Crippen LogP contribution in [0.1, 0.15) is 0 Å². The highest BCUT2D eigenvalue weighted by molar-refractivity contribution is 7.92. The van der Waals surface area contributed by atoms with Gasteiger partial charge in [-0.1, -0.05) is 18.2 Å². The minimum atomic E-state index is -4.12. The molecule has 0 aliphatic carbocycles. The molecule has 0 atom stereocenters. The first kappa shape index (κ1) is 24.7. The number of aromatic hydroxyl groups is 1. The molecule has 0 spiro atoms. The summed E-state index contributed by atoms with van der Waals surface area (Å²) in [6, 6.07) is 17.3. The molecule has 0 saturated carbocycles. The number of anilines is 4. The van der Waals surface area contributed by atoms with Gasteiger partial charge in [-0.2, -0.15) is 0 Å². The van der Waals surface area contributed by atoms with E-state index in [0.29, 0.717) is 28.2 Å². The highest BCUT2D eigenvalue weighted by Crippen LogP contribution is 2.31. The van der Waals surface area contributed by atoms with E-state index in [-0.39, 0.29) is 34.7 Å². The minimum absolute atomic E-state index is 0.0511. The van der Waals surface area contributed by atoms with Crippen molar-refractivity contribution in [2.24, 2.45) is 0 Å². The summed E-state index contributed by atoms with van der Waals surface area (Å²) in [6.07, 6.45) is 0. The standard InChI is InChI=1S/C24H24N6O5S/c1-25-14-22(32)26-15-6-5-7-19(12-15)36(33,34)30-24-23(28-20-8-3-4-9-21(20)29-24)27-16-10-17(31)13-18(11-16)35-2/h3-13,25,31H,14H2,1-2H3,(H,26,32)(H,27,28)(H,29,30). The SMILES string of the molecule is CNCC(=O)Nc1cccc(S(=O)(=O)Nc2nc3ccccc3nc2Nc2cc(O)cc(OC)c2)c1. The number of para-hydroxylation sites is 2. The van der Waals surface area contributed by atoms with Crippen LogP contribution in [0, 0.1) is 0 Å². The first-order valence-electron chi connectivity index (χ1n) is 10.8. The summed E-state index contributed by atoms with van der Waals surface area (Å²) in [4.78, 5) is 20.8. The third-order valence-electron chi connectivity index (χ3n) is 4.96. The lowest BCUT2D eigenvalue weighted by Crippen LogP contribution is -2.25. The molecule has 0 aliphatic rings. The van der Waals surface area contributed by atoms with Crippen molar-refractivity contribution in [2.75, 3.05) is 36.1 Å². The number of carbonyl (C=O) groups excluding carboxylic acids is 1. The number of methoxy groups -OCH3 is 1. The fourth-order valence-corrected chi connectivity index (χ4v) is 4.42. The number of likely N-dealkylation sites (N-methyl/N-ethyl adjacent to an activating group) is 1. The van der Waals surface area contributed by atoms with Gasteiger partial charge in [0.15, 0.2) is 11.6 Å². The number of phenolic OH excluding ortho intramolecular Hbond substituents is 1. The second-order valence-corrected chi connectivity index (χ2v) is 9.35. The third-order valence-corrected chi connectivity index (χ3v) is 6.29. The molecule has 4 aromatic rings. The minimum Gasteiger partial charge on any atom is -0.508 e. The Hall–Kier alpha value is -4.42. The molecule has 0 radical (unpaired) electrons. The number of hydrogen-bond donors (Lipinski definition) is 5. The average Bonchev–Trinajstić information content (AvgIpc) is 2.84. The molecule has 186 valence electrons. The Bertz CT molecular complexity index is 1530. The monoisotopic (exact) mass is 508 g/mol. The van der Waals surface area contributed by atoms with Crippen LogP contribution in [0.4, 0.5) is 23.0 Å². The summed E-state index contributed by atoms with van der Waals surface area (Å²) in [5, 5.41) is 18.4. The lowest BCUT2D eigenvalue weighted by atomic mass is 10.2. The second-order valence-electron chi connectivity index (χ2n) is 7.67. The predicted octanol–water partition coefficient (Wildman–Crippen LogP) is 3.05. The van der Waals surface area contributed by atoms with Crippen LogP contribution in [0.25, 0.3) is 11.0 Å². The average molecular weight is 509 g/mol. The topological polar surface area (TPSA) is 155 Å². The zero-order valence-corrected chi connectivity index (χ0v) is 20.3. The third kappa shape index (κ3) is 5.79. The van der Waals surface area contributed by atoms with Crippen molar-refractivity contribution in [1.29, 1.82) is 0 Å². The fourth-order valence-electron chi connectivity index (χ4n) is 3.36. The van der Waals surface area contributed by atoms with Gasteiger partial charge in [-0.3, -0.25) is 9.52 Å². The van der Waals surface area contributed by atoms with Crippen LogP contribution in [-0.4, -0.2) is 50.1 Å². The number of phenols is 1. The summed E-state index contributed by atoms with van der Waals surface area (Å²) in [6.45, 7) is 0.0801. The molecule has 0 fully saturated rings. The Balaban J connectivity index is 1.71. The molecule has 1 amide bonds. The number of aromatic nitrogens is 2. The van der Waals surface area contributed by atoms with Gasteiger partial charge in [-0.15, -0.1) is 0 Å². The number of amides is 1. The van der Waals surface area contributed by atoms with E-state index in [1.807, 2.05) is 0 Å². The number of carbonyl (C=O) groups is 1. The molecular formula is C24H24N6O5S. The second kappa shape index (κ2) is 10.5. The highest BCUT2D eigenvalue weighted by atomic mass is 32.2. The largest absolute Gasteiger partial charge is 0.508 e. The fraction of sp³-hybridized carbons (Fsp3) is 0.125. The number of benzene rings is 3. The zero-order valence-electron chi connectivity index (χ0n) is 19.4. The number of fused-ring (bicyclic) bond motifs is 1. The molecule has 0 bridgehead atoms. The van der Waals surface area contributed by atoms with Crippen molar-refractivity contribution in [1.82, 2.24) is 15.3 Å². The smallest absolute Gasteiger partial charge is 0.263 e. The highest BCUT2D eigenvalue weighted by Gasteiger charge is 2.20. The van der Waals surface area contributed by atoms with Crippen LogP contribution in [0.5, 0.6) is 11.5 Å². The molecular weight excluding hydrogens is 484 g/mol. The maximum Gasteiger partial charge on any atom is 0.263 e. The van der Waals surface area contributed by atoms with Crippen LogP contribution in [0.3, 0.4) is 0 Å². The van der Waals surface area contributed by atoms with E-state index < -0.39 is 10.0 Å². The van der Waals surface area contributed by atoms with E-state index in [9.17, 15) is 18.3 Å². The van der Waals surface area contributed by atoms with Crippen molar-refractivity contribution < 1.29 is 23.1 Å². The van der Waals surface area contributed by atoms with E-state index in [0.717, 1.165) is 0 Å². The van der Waals surface area contributed by atoms with Gasteiger partial charge in [0, 0.05) is 29.6 Å². The van der Waals surface area contributed by atoms with Crippen LogP contribution < -0.4 is 25.4 Å². The molecule has 0 aliphatic heterocycles. The van der Waals surface area contributed by atoms with Crippen molar-refractivity contribution in [3.05, 3.63) is 66.7 Å². The number of nitrogens with one attached hydrogen (secondary N) is 4. The normalized spacial score (nSPS) is 11.2. The van der Waals surface area contributed by atoms with Gasteiger partial charge in [0.25, 0.3) is 10.0 Å². The van der Waals surface area contributed by atoms with Crippen molar-refractivity contribution in [2.45, 2.75) is 4.90 Å². The Labute approximate surface area is 207 Å². The maximum atomic E-state index is 13.3. The van der Waals surface area contributed by atoms with Gasteiger partial charge in [0.1, 0.15) is 11.5 Å². The van der Waals surface area contributed by atoms with Gasteiger partial charge in [-0.25, -0.2) is 18.4 Å². The molecule has 0 unspecified atom stereocenters. The lowest BCUT2D eigenvalue weighted by Gasteiger charge is -2.15. The summed E-state index contributed by atoms with van der Waals surface area (Å²) >= 11 is 0. The van der Waals surface area contributed by atoms with Gasteiger partial charge in [0.05, 0.1) is 29.6 Å². The molecule has 4 rings (SSSR count). The van der Waals surface area contributed by atoms with Gasteiger partial charge < -0.3 is 25.8 Å². The predicted molar refractivity (Wildman–Crippen MR) is 137 cm³/mol. The summed E-state index contributed by atoms with van der Waals surface area (Å²) in [7, 11) is -1.03. The van der Waals surface area contributed by atoms with Crippen LogP contribution in [0.2, 0.25) is 0 Å². The molecule has 0 saturated heterocycles. The number of sulfonamides is 1. The number of ether oxygens (including phenoxy) is 1. The van der Waals surface area contributed by atoms with E-state index in [2.05, 4.69) is 30.6 Å². The number of hydrogen-bond acceptors (Lipinski definition) is 9. The molecule has 11 nitrogen and oxygen atoms in total. The van der Waals surface area contributed by atoms with Crippen molar-refractivity contribution in [3.8, 4) is 11.5 Å². The Morgan fingerprint density at radius 1 is 0.944 bits per heavy atom. The van der Waals surface area contributed by atoms with E-state index in [1.54, 1.807) is 43.4 Å². The van der Waals surface area contributed by atoms with Crippen molar-refractivity contribution >= 4 is 50.0 Å². The first-order chi connectivity index (χ1) is 17.3. The van der Waals surface area contributed by atoms with E-state index in [1.165, 1.54) is 37.4 Å². The van der Waals surface area contributed by atoms with Crippen molar-refractivity contribution in [3.63, 3.8) is 0 Å². The molecule has 3 aromatic carbocycles. The molecule has 1 heterocycles. The van der Waals surface area contributed by atoms with Gasteiger partial charge in [-0.05, 0) is 37.4 Å². The molecule has 5 N–H and O–H groups in total. The Morgan fingerprint density at radius 2 is 1.67 bits per heavy atom. The van der Waals surface area contributed by atoms with E-state index >= 15 is 0 Å². The maximum absolute atomic E-state index is 13.3. The van der Waals surface area contributed by atoms with E-state index in [4.69, 9.17) is 4.74 Å². The van der Waals surface area contributed by atoms with Crippen LogP contribution >= 0.6 is 0 Å². The lowest BCUT2D eigenvalue weighted by molar-refractivity contribution is -0.115. The quantitative estimate of drug-likeness (QED) is 0.229. The van der Waals surface area contributed by atoms with Crippen LogP contribution in [0.15, 0.2) is 71.6 Å². The van der Waals surface area contributed by atoms with Gasteiger partial charge >= 0.3 is 0 Å². The summed E-state index contributed by atoms with van der Waals surface area (Å²) in [5.41, 5.74) is 1.74. The molecule has 36 heavy (non-hydrogen) atoms. The summed E-state index contributed by atoms with van der Waals surface area (Å²) < 4.78 is 34.2. The Morgan fingerprint density at radius 3 is 2.36 bits per heavy atom. The first-order valence-corrected chi connectivity index (χ1v) is 12.2. The molecule has 1 aromatic heterocycles. The summed E-state index contributed by atoms with van der Waals surface area (Å²) in [5.74, 6) is 0.0906. The number of rotatable bonds is 9. The van der Waals surface area contributed by atoms with Gasteiger partial charge in [0.2, 0.25) is 5.91 Å². The zero-order chi connectivity index (χ0) is 25.7. The molecule has 12 heteroatoms. The number of nitrogens with zero attached hydrogens (tertiary/aromatic N) is 2.